The van der Waals surface area contributed by atoms with Crippen molar-refractivity contribution in [1.82, 2.24) is 0 Å². The molecule has 0 aliphatic rings. The van der Waals surface area contributed by atoms with Gasteiger partial charge in [-0.3, -0.25) is 0 Å². The first-order chi connectivity index (χ1) is 11.1. The van der Waals surface area contributed by atoms with Gasteiger partial charge in [-0.15, -0.1) is 0 Å². The van der Waals surface area contributed by atoms with E-state index in [1.54, 1.807) is 7.11 Å². The zero-order valence-electron chi connectivity index (χ0n) is 14.2. The monoisotopic (exact) mass is 314 g/mol. The molecule has 3 nitrogen and oxygen atoms in total. The lowest BCUT2D eigenvalue weighted by atomic mass is 9.90. The standard InChI is InChI=1S/C20H26O3/c1-15(2)18(13-21)11-17-9-10-19(22-3)20(12-17)23-14-16-7-5-4-6-8-16/h4-10,12,15,18,21H,11,13-14H2,1-3H3/t18-/m0/s1. The van der Waals surface area contributed by atoms with Crippen LogP contribution < -0.4 is 9.47 Å². The molecule has 0 radical (unpaired) electrons. The van der Waals surface area contributed by atoms with E-state index < -0.39 is 0 Å². The highest BCUT2D eigenvalue weighted by Crippen LogP contribution is 2.30. The second-order valence-corrected chi connectivity index (χ2v) is 6.15. The van der Waals surface area contributed by atoms with Crippen LogP contribution in [-0.4, -0.2) is 18.8 Å². The van der Waals surface area contributed by atoms with E-state index in [1.807, 2.05) is 48.5 Å². The van der Waals surface area contributed by atoms with E-state index in [4.69, 9.17) is 9.47 Å². The van der Waals surface area contributed by atoms with Crippen molar-refractivity contribution in [3.05, 3.63) is 59.7 Å². The SMILES string of the molecule is COc1ccc(C[C@@H](CO)C(C)C)cc1OCc1ccccc1. The molecule has 0 bridgehead atoms. The van der Waals surface area contributed by atoms with Crippen LogP contribution in [0.5, 0.6) is 11.5 Å². The maximum Gasteiger partial charge on any atom is 0.161 e. The number of aliphatic hydroxyl groups excluding tert-OH is 1. The van der Waals surface area contributed by atoms with Gasteiger partial charge in [-0.05, 0) is 41.5 Å². The summed E-state index contributed by atoms with van der Waals surface area (Å²) >= 11 is 0. The Balaban J connectivity index is 2.12. The molecule has 0 heterocycles. The van der Waals surface area contributed by atoms with Crippen LogP contribution in [0.25, 0.3) is 0 Å². The Morgan fingerprint density at radius 2 is 1.70 bits per heavy atom. The van der Waals surface area contributed by atoms with Gasteiger partial charge in [-0.1, -0.05) is 50.2 Å². The molecule has 2 aromatic carbocycles. The molecule has 0 aliphatic heterocycles. The van der Waals surface area contributed by atoms with E-state index in [9.17, 15) is 5.11 Å². The van der Waals surface area contributed by atoms with Crippen LogP contribution in [0, 0.1) is 11.8 Å². The summed E-state index contributed by atoms with van der Waals surface area (Å²) in [5.74, 6) is 2.17. The van der Waals surface area contributed by atoms with E-state index >= 15 is 0 Å². The molecule has 1 atom stereocenters. The zero-order chi connectivity index (χ0) is 16.7. The molecule has 2 rings (SSSR count). The minimum absolute atomic E-state index is 0.198. The summed E-state index contributed by atoms with van der Waals surface area (Å²) in [6.45, 7) is 4.98. The van der Waals surface area contributed by atoms with Gasteiger partial charge in [0, 0.05) is 6.61 Å². The molecule has 0 aliphatic carbocycles. The first-order valence-electron chi connectivity index (χ1n) is 8.08. The quantitative estimate of drug-likeness (QED) is 0.798. The first kappa shape index (κ1) is 17.4. The molecule has 1 N–H and O–H groups in total. The van der Waals surface area contributed by atoms with Crippen LogP contribution in [0.2, 0.25) is 0 Å². The summed E-state index contributed by atoms with van der Waals surface area (Å²) in [6, 6.07) is 16.1. The highest BCUT2D eigenvalue weighted by Gasteiger charge is 2.14. The van der Waals surface area contributed by atoms with Crippen molar-refractivity contribution in [3.8, 4) is 11.5 Å². The third kappa shape index (κ3) is 5.00. The number of hydrogen-bond acceptors (Lipinski definition) is 3. The second kappa shape index (κ2) is 8.59. The van der Waals surface area contributed by atoms with E-state index in [-0.39, 0.29) is 12.5 Å². The van der Waals surface area contributed by atoms with Crippen molar-refractivity contribution in [1.29, 1.82) is 0 Å². The lowest BCUT2D eigenvalue weighted by Crippen LogP contribution is -2.16. The van der Waals surface area contributed by atoms with Crippen molar-refractivity contribution in [2.24, 2.45) is 11.8 Å². The number of methoxy groups -OCH3 is 1. The average Bonchev–Trinajstić information content (AvgIpc) is 2.58. The van der Waals surface area contributed by atoms with Gasteiger partial charge < -0.3 is 14.6 Å². The second-order valence-electron chi connectivity index (χ2n) is 6.15. The van der Waals surface area contributed by atoms with Crippen molar-refractivity contribution in [3.63, 3.8) is 0 Å². The molecule has 2 aromatic rings. The van der Waals surface area contributed by atoms with Gasteiger partial charge >= 0.3 is 0 Å². The third-order valence-electron chi connectivity index (χ3n) is 4.14. The minimum Gasteiger partial charge on any atom is -0.493 e. The van der Waals surface area contributed by atoms with Gasteiger partial charge in [0.1, 0.15) is 6.61 Å². The molecule has 0 unspecified atom stereocenters. The van der Waals surface area contributed by atoms with Gasteiger partial charge in [0.2, 0.25) is 0 Å². The van der Waals surface area contributed by atoms with Crippen LogP contribution in [0.1, 0.15) is 25.0 Å². The molecule has 0 amide bonds. The van der Waals surface area contributed by atoms with Crippen LogP contribution in [0.15, 0.2) is 48.5 Å². The largest absolute Gasteiger partial charge is 0.493 e. The topological polar surface area (TPSA) is 38.7 Å². The highest BCUT2D eigenvalue weighted by molar-refractivity contribution is 5.43. The molecule has 23 heavy (non-hydrogen) atoms. The molecule has 3 heteroatoms. The van der Waals surface area contributed by atoms with E-state index in [0.717, 1.165) is 29.0 Å². The Kier molecular flexibility index (Phi) is 6.48. The predicted molar refractivity (Wildman–Crippen MR) is 92.9 cm³/mol. The fraction of sp³-hybridized carbons (Fsp3) is 0.400. The first-order valence-corrected chi connectivity index (χ1v) is 8.08. The number of ether oxygens (including phenoxy) is 2. The Labute approximate surface area is 138 Å². The van der Waals surface area contributed by atoms with Crippen molar-refractivity contribution in [2.75, 3.05) is 13.7 Å². The number of aliphatic hydroxyl groups is 1. The zero-order valence-corrected chi connectivity index (χ0v) is 14.2. The third-order valence-corrected chi connectivity index (χ3v) is 4.14. The average molecular weight is 314 g/mol. The van der Waals surface area contributed by atoms with Crippen molar-refractivity contribution >= 4 is 0 Å². The Hall–Kier alpha value is -2.00. The summed E-state index contributed by atoms with van der Waals surface area (Å²) in [5, 5.41) is 9.52. The molecule has 0 aromatic heterocycles. The summed E-state index contributed by atoms with van der Waals surface area (Å²) in [5.41, 5.74) is 2.27. The number of hydrogen-bond donors (Lipinski definition) is 1. The number of rotatable bonds is 8. The summed E-state index contributed by atoms with van der Waals surface area (Å²) < 4.78 is 11.3. The molecule has 124 valence electrons. The molecule has 0 fully saturated rings. The molecular formula is C20H26O3. The lowest BCUT2D eigenvalue weighted by molar-refractivity contribution is 0.189. The Morgan fingerprint density at radius 1 is 0.957 bits per heavy atom. The van der Waals surface area contributed by atoms with Crippen LogP contribution in [-0.2, 0) is 13.0 Å². The van der Waals surface area contributed by atoms with Crippen LogP contribution in [0.4, 0.5) is 0 Å². The van der Waals surface area contributed by atoms with Crippen molar-refractivity contribution in [2.45, 2.75) is 26.9 Å². The van der Waals surface area contributed by atoms with Gasteiger partial charge in [-0.2, -0.15) is 0 Å². The van der Waals surface area contributed by atoms with Gasteiger partial charge in [0.05, 0.1) is 7.11 Å². The van der Waals surface area contributed by atoms with Crippen LogP contribution in [0.3, 0.4) is 0 Å². The van der Waals surface area contributed by atoms with E-state index in [1.165, 1.54) is 0 Å². The maximum atomic E-state index is 9.52. The summed E-state index contributed by atoms with van der Waals surface area (Å²) in [7, 11) is 1.65. The normalized spacial score (nSPS) is 12.2. The van der Waals surface area contributed by atoms with Crippen LogP contribution >= 0.6 is 0 Å². The molecule has 0 spiro atoms. The van der Waals surface area contributed by atoms with Gasteiger partial charge in [0.15, 0.2) is 11.5 Å². The summed E-state index contributed by atoms with van der Waals surface area (Å²) in [4.78, 5) is 0. The predicted octanol–water partition coefficient (Wildman–Crippen LogP) is 4.08. The summed E-state index contributed by atoms with van der Waals surface area (Å²) in [6.07, 6.45) is 0.833. The molecule has 0 saturated carbocycles. The minimum atomic E-state index is 0.198. The Bertz CT molecular complexity index is 593. The van der Waals surface area contributed by atoms with Gasteiger partial charge in [-0.25, -0.2) is 0 Å². The number of benzene rings is 2. The molecular weight excluding hydrogens is 288 g/mol. The lowest BCUT2D eigenvalue weighted by Gasteiger charge is -2.19. The molecule has 0 saturated heterocycles. The maximum absolute atomic E-state index is 9.52. The smallest absolute Gasteiger partial charge is 0.161 e. The highest BCUT2D eigenvalue weighted by atomic mass is 16.5. The van der Waals surface area contributed by atoms with Crippen molar-refractivity contribution < 1.29 is 14.6 Å². The van der Waals surface area contributed by atoms with Gasteiger partial charge in [0.25, 0.3) is 0 Å². The van der Waals surface area contributed by atoms with E-state index in [2.05, 4.69) is 13.8 Å². The fourth-order valence-electron chi connectivity index (χ4n) is 2.51. The fourth-order valence-corrected chi connectivity index (χ4v) is 2.51. The Morgan fingerprint density at radius 3 is 2.30 bits per heavy atom. The van der Waals surface area contributed by atoms with E-state index in [0.29, 0.717) is 12.5 Å².